The molecule has 0 aromatic heterocycles. The number of hydrogen-bond acceptors (Lipinski definition) is 10. The molecule has 38 heavy (non-hydrogen) atoms. The van der Waals surface area contributed by atoms with Crippen LogP contribution >= 0.6 is 0 Å². The lowest BCUT2D eigenvalue weighted by atomic mass is 9.95. The Morgan fingerprint density at radius 2 is 1.92 bits per heavy atom. The number of allylic oxidation sites excluding steroid dienone is 1. The topological polar surface area (TPSA) is 149 Å². The molecular weight excluding hydrogens is 496 g/mol. The monoisotopic (exact) mass is 528 g/mol. The highest BCUT2D eigenvalue weighted by molar-refractivity contribution is 5.95. The fourth-order valence-electron chi connectivity index (χ4n) is 3.83. The van der Waals surface area contributed by atoms with Crippen LogP contribution in [0.5, 0.6) is 23.0 Å². The SMILES string of the molecule is CCOc1cc([C@@H]2NC(=O)NC(C)=C2C(=O)OC)ccc1OC[C@H](O)N/N=C/c1cccc(OC)c1OC. The van der Waals surface area contributed by atoms with Gasteiger partial charge in [0.05, 0.1) is 45.8 Å². The van der Waals surface area contributed by atoms with Gasteiger partial charge in [-0.1, -0.05) is 12.1 Å². The summed E-state index contributed by atoms with van der Waals surface area (Å²) in [5, 5.41) is 19.7. The van der Waals surface area contributed by atoms with Crippen molar-refractivity contribution >= 4 is 18.2 Å². The Morgan fingerprint density at radius 3 is 2.61 bits per heavy atom. The van der Waals surface area contributed by atoms with Gasteiger partial charge in [0.15, 0.2) is 29.2 Å². The minimum Gasteiger partial charge on any atom is -0.493 e. The van der Waals surface area contributed by atoms with E-state index in [1.807, 2.05) is 6.92 Å². The van der Waals surface area contributed by atoms with Crippen molar-refractivity contribution in [1.82, 2.24) is 16.1 Å². The molecular formula is C26H32N4O8. The summed E-state index contributed by atoms with van der Waals surface area (Å²) in [5.74, 6) is 1.23. The maximum atomic E-state index is 12.4. The van der Waals surface area contributed by atoms with Gasteiger partial charge in [0.25, 0.3) is 0 Å². The van der Waals surface area contributed by atoms with Crippen LogP contribution in [0.2, 0.25) is 0 Å². The second kappa shape index (κ2) is 13.2. The van der Waals surface area contributed by atoms with Gasteiger partial charge >= 0.3 is 12.0 Å². The first-order valence-electron chi connectivity index (χ1n) is 11.8. The molecule has 2 aromatic rings. The summed E-state index contributed by atoms with van der Waals surface area (Å²) in [6.07, 6.45) is 0.351. The van der Waals surface area contributed by atoms with Gasteiger partial charge in [-0.15, -0.1) is 0 Å². The minimum absolute atomic E-state index is 0.150. The predicted molar refractivity (Wildman–Crippen MR) is 139 cm³/mol. The van der Waals surface area contributed by atoms with Crippen molar-refractivity contribution in [2.75, 3.05) is 34.5 Å². The van der Waals surface area contributed by atoms with E-state index in [9.17, 15) is 14.7 Å². The Morgan fingerprint density at radius 1 is 1.13 bits per heavy atom. The zero-order valence-corrected chi connectivity index (χ0v) is 21.9. The molecule has 2 amide bonds. The van der Waals surface area contributed by atoms with Crippen molar-refractivity contribution in [3.8, 4) is 23.0 Å². The molecule has 0 unspecified atom stereocenters. The number of nitrogens with zero attached hydrogens (tertiary/aromatic N) is 1. The summed E-state index contributed by atoms with van der Waals surface area (Å²) in [7, 11) is 4.34. The van der Waals surface area contributed by atoms with Crippen LogP contribution in [0.1, 0.15) is 31.0 Å². The van der Waals surface area contributed by atoms with Crippen molar-refractivity contribution in [3.63, 3.8) is 0 Å². The average Bonchev–Trinajstić information content (AvgIpc) is 2.91. The quantitative estimate of drug-likeness (QED) is 0.141. The average molecular weight is 529 g/mol. The molecule has 0 saturated heterocycles. The fraction of sp³-hybridized carbons (Fsp3) is 0.346. The molecule has 0 radical (unpaired) electrons. The van der Waals surface area contributed by atoms with Gasteiger partial charge in [-0.25, -0.2) is 9.59 Å². The molecule has 3 rings (SSSR count). The fourth-order valence-corrected chi connectivity index (χ4v) is 3.83. The summed E-state index contributed by atoms with van der Waals surface area (Å²) in [4.78, 5) is 24.5. The Kier molecular flexibility index (Phi) is 9.77. The van der Waals surface area contributed by atoms with Crippen molar-refractivity contribution in [2.24, 2.45) is 5.10 Å². The molecule has 1 aliphatic heterocycles. The zero-order valence-electron chi connectivity index (χ0n) is 21.9. The highest BCUT2D eigenvalue weighted by Gasteiger charge is 2.32. The van der Waals surface area contributed by atoms with Crippen LogP contribution in [-0.2, 0) is 9.53 Å². The summed E-state index contributed by atoms with van der Waals surface area (Å²) in [6, 6.07) is 9.14. The Balaban J connectivity index is 1.71. The number of urea groups is 1. The van der Waals surface area contributed by atoms with Gasteiger partial charge in [0.1, 0.15) is 6.61 Å². The Bertz CT molecular complexity index is 1210. The summed E-state index contributed by atoms with van der Waals surface area (Å²) in [5.41, 5.74) is 4.50. The van der Waals surface area contributed by atoms with Crippen molar-refractivity contribution in [3.05, 3.63) is 58.8 Å². The van der Waals surface area contributed by atoms with Crippen molar-refractivity contribution < 1.29 is 38.4 Å². The van der Waals surface area contributed by atoms with E-state index in [-0.39, 0.29) is 12.2 Å². The van der Waals surface area contributed by atoms with Gasteiger partial charge in [0.2, 0.25) is 0 Å². The number of carbonyl (C=O) groups is 2. The number of nitrogens with one attached hydrogen (secondary N) is 3. The minimum atomic E-state index is -1.14. The number of hydrazone groups is 1. The van der Waals surface area contributed by atoms with Crippen molar-refractivity contribution in [2.45, 2.75) is 26.1 Å². The van der Waals surface area contributed by atoms with Crippen LogP contribution in [-0.4, -0.2) is 64.1 Å². The number of aliphatic hydroxyl groups excluding tert-OH is 1. The van der Waals surface area contributed by atoms with Gasteiger partial charge in [-0.05, 0) is 43.7 Å². The first kappa shape index (κ1) is 28.1. The number of para-hydroxylation sites is 1. The highest BCUT2D eigenvalue weighted by Crippen LogP contribution is 2.35. The number of amides is 2. The first-order chi connectivity index (χ1) is 18.3. The van der Waals surface area contributed by atoms with Gasteiger partial charge in [0, 0.05) is 11.3 Å². The molecule has 2 atom stereocenters. The summed E-state index contributed by atoms with van der Waals surface area (Å²) >= 11 is 0. The Hall–Kier alpha value is -4.45. The van der Waals surface area contributed by atoms with E-state index >= 15 is 0 Å². The molecule has 1 heterocycles. The lowest BCUT2D eigenvalue weighted by Gasteiger charge is -2.28. The Labute approximate surface area is 220 Å². The van der Waals surface area contributed by atoms with E-state index < -0.39 is 24.3 Å². The number of ether oxygens (including phenoxy) is 5. The number of carbonyl (C=O) groups excluding carboxylic acids is 2. The van der Waals surface area contributed by atoms with E-state index in [0.29, 0.717) is 46.4 Å². The molecule has 12 heteroatoms. The number of esters is 1. The number of rotatable bonds is 12. The molecule has 1 aliphatic rings. The maximum Gasteiger partial charge on any atom is 0.337 e. The summed E-state index contributed by atoms with van der Waals surface area (Å²) < 4.78 is 27.0. The first-order valence-corrected chi connectivity index (χ1v) is 11.8. The van der Waals surface area contributed by atoms with Crippen LogP contribution < -0.4 is 35.0 Å². The van der Waals surface area contributed by atoms with Gasteiger partial charge in [-0.2, -0.15) is 5.10 Å². The van der Waals surface area contributed by atoms with Crippen LogP contribution in [0, 0.1) is 0 Å². The smallest absolute Gasteiger partial charge is 0.337 e. The molecule has 2 aromatic carbocycles. The standard InChI is InChI=1S/C26H32N4O8/c1-6-37-20-12-16(23-22(25(32)36-5)15(2)28-26(33)29-23)10-11-18(20)38-14-21(31)30-27-13-17-8-7-9-19(34-3)24(17)35-4/h7-13,21,23,30-31H,6,14H2,1-5H3,(H2,28,29,33)/b27-13+/t21-,23-/m0/s1. The normalized spacial score (nSPS) is 15.8. The molecule has 0 saturated carbocycles. The largest absolute Gasteiger partial charge is 0.493 e. The third-order valence-electron chi connectivity index (χ3n) is 5.53. The summed E-state index contributed by atoms with van der Waals surface area (Å²) in [6.45, 7) is 3.62. The molecule has 0 spiro atoms. The van der Waals surface area contributed by atoms with Gasteiger partial charge in [-0.3, -0.25) is 5.43 Å². The van der Waals surface area contributed by atoms with Crippen LogP contribution in [0.4, 0.5) is 4.79 Å². The van der Waals surface area contributed by atoms with E-state index in [4.69, 9.17) is 23.7 Å². The van der Waals surface area contributed by atoms with Crippen LogP contribution in [0.15, 0.2) is 52.8 Å². The molecule has 4 N–H and O–H groups in total. The van der Waals surface area contributed by atoms with Crippen LogP contribution in [0.25, 0.3) is 0 Å². The number of hydrogen-bond donors (Lipinski definition) is 4. The van der Waals surface area contributed by atoms with E-state index in [0.717, 1.165) is 0 Å². The third-order valence-corrected chi connectivity index (χ3v) is 5.53. The van der Waals surface area contributed by atoms with E-state index in [1.54, 1.807) is 50.4 Å². The molecule has 0 aliphatic carbocycles. The number of methoxy groups -OCH3 is 3. The van der Waals surface area contributed by atoms with E-state index in [2.05, 4.69) is 21.2 Å². The third kappa shape index (κ3) is 6.65. The number of benzene rings is 2. The molecule has 204 valence electrons. The second-order valence-electron chi connectivity index (χ2n) is 8.00. The second-order valence-corrected chi connectivity index (χ2v) is 8.00. The lowest BCUT2D eigenvalue weighted by molar-refractivity contribution is -0.136. The van der Waals surface area contributed by atoms with Crippen molar-refractivity contribution in [1.29, 1.82) is 0 Å². The van der Waals surface area contributed by atoms with Gasteiger partial charge < -0.3 is 39.4 Å². The lowest BCUT2D eigenvalue weighted by Crippen LogP contribution is -2.45. The number of aliphatic hydroxyl groups is 1. The highest BCUT2D eigenvalue weighted by atomic mass is 16.5. The molecule has 0 fully saturated rings. The molecule has 0 bridgehead atoms. The van der Waals surface area contributed by atoms with E-state index in [1.165, 1.54) is 20.4 Å². The predicted octanol–water partition coefficient (Wildman–Crippen LogP) is 2.22. The zero-order chi connectivity index (χ0) is 27.7. The molecule has 12 nitrogen and oxygen atoms in total. The van der Waals surface area contributed by atoms with Crippen LogP contribution in [0.3, 0.4) is 0 Å². The maximum absolute atomic E-state index is 12.4.